The second-order valence-electron chi connectivity index (χ2n) is 8.26. The van der Waals surface area contributed by atoms with Gasteiger partial charge < -0.3 is 10.1 Å². The van der Waals surface area contributed by atoms with Gasteiger partial charge in [-0.1, -0.05) is 43.0 Å². The summed E-state index contributed by atoms with van der Waals surface area (Å²) >= 11 is 6.12. The lowest BCUT2D eigenvalue weighted by Crippen LogP contribution is -2.47. The molecule has 34 heavy (non-hydrogen) atoms. The molecule has 1 atom stereocenters. The quantitative estimate of drug-likeness (QED) is 0.518. The van der Waals surface area contributed by atoms with Crippen molar-refractivity contribution in [1.29, 1.82) is 0 Å². The van der Waals surface area contributed by atoms with Gasteiger partial charge in [-0.15, -0.1) is 0 Å². The summed E-state index contributed by atoms with van der Waals surface area (Å²) in [7, 11) is 1.58. The van der Waals surface area contributed by atoms with Gasteiger partial charge in [0.1, 0.15) is 17.5 Å². The van der Waals surface area contributed by atoms with Crippen molar-refractivity contribution in [1.82, 2.24) is 15.3 Å². The van der Waals surface area contributed by atoms with Crippen LogP contribution in [0.1, 0.15) is 54.2 Å². The Kier molecular flexibility index (Phi) is 7.75. The van der Waals surface area contributed by atoms with Crippen molar-refractivity contribution < 1.29 is 14.3 Å². The Balaban J connectivity index is 1.79. The van der Waals surface area contributed by atoms with Gasteiger partial charge in [0.25, 0.3) is 5.91 Å². The van der Waals surface area contributed by atoms with E-state index in [4.69, 9.17) is 16.3 Å². The predicted octanol–water partition coefficient (Wildman–Crippen LogP) is 4.98. The van der Waals surface area contributed by atoms with Crippen LogP contribution in [0.15, 0.2) is 67.1 Å². The number of hydrogen-bond donors (Lipinski definition) is 1. The average molecular weight is 479 g/mol. The number of hydrogen-bond acceptors (Lipinski definition) is 5. The molecule has 2 amide bonds. The molecular weight excluding hydrogens is 452 g/mol. The van der Waals surface area contributed by atoms with Crippen LogP contribution in [0.25, 0.3) is 0 Å². The fourth-order valence-electron chi connectivity index (χ4n) is 4.25. The van der Waals surface area contributed by atoms with Gasteiger partial charge in [0, 0.05) is 29.1 Å². The highest BCUT2D eigenvalue weighted by atomic mass is 35.5. The topological polar surface area (TPSA) is 84.4 Å². The minimum Gasteiger partial charge on any atom is -0.497 e. The third kappa shape index (κ3) is 5.54. The molecule has 1 aliphatic carbocycles. The number of methoxy groups -OCH3 is 1. The van der Waals surface area contributed by atoms with E-state index in [1.807, 2.05) is 0 Å². The molecule has 1 saturated carbocycles. The number of carbonyl (C=O) groups excluding carboxylic acids is 2. The first-order chi connectivity index (χ1) is 16.6. The summed E-state index contributed by atoms with van der Waals surface area (Å²) in [4.78, 5) is 37.2. The van der Waals surface area contributed by atoms with E-state index < -0.39 is 11.9 Å². The first-order valence-electron chi connectivity index (χ1n) is 11.4. The van der Waals surface area contributed by atoms with Crippen LogP contribution in [0.4, 0.5) is 5.69 Å². The highest BCUT2D eigenvalue weighted by molar-refractivity contribution is 6.30. The van der Waals surface area contributed by atoms with E-state index in [-0.39, 0.29) is 17.6 Å². The van der Waals surface area contributed by atoms with E-state index in [2.05, 4.69) is 15.3 Å². The van der Waals surface area contributed by atoms with Crippen molar-refractivity contribution in [2.75, 3.05) is 12.0 Å². The van der Waals surface area contributed by atoms with E-state index >= 15 is 0 Å². The molecule has 4 rings (SSSR count). The summed E-state index contributed by atoms with van der Waals surface area (Å²) in [6.45, 7) is 0. The fraction of sp³-hybridized carbons (Fsp3) is 0.308. The van der Waals surface area contributed by atoms with Crippen LogP contribution in [0, 0.1) is 0 Å². The second kappa shape index (κ2) is 11.1. The molecule has 2 aromatic carbocycles. The van der Waals surface area contributed by atoms with E-state index in [0.29, 0.717) is 22.0 Å². The standard InChI is InChI=1S/C26H27ClN4O3/c1-34-22-13-7-18(8-14-22)24(25(32)30-20-5-3-2-4-6-20)31(21-11-9-19(27)10-12-21)26(33)23-17-28-15-16-29-23/h7-17,20,24H,2-6H2,1H3,(H,30,32). The molecule has 1 N–H and O–H groups in total. The van der Waals surface area contributed by atoms with Crippen molar-refractivity contribution in [3.63, 3.8) is 0 Å². The number of ether oxygens (including phenoxy) is 1. The fourth-order valence-corrected chi connectivity index (χ4v) is 4.38. The van der Waals surface area contributed by atoms with Gasteiger partial charge in [-0.3, -0.25) is 19.5 Å². The highest BCUT2D eigenvalue weighted by Gasteiger charge is 2.35. The summed E-state index contributed by atoms with van der Waals surface area (Å²) in [6.07, 6.45) is 9.55. The molecule has 0 bridgehead atoms. The molecule has 176 valence electrons. The lowest BCUT2D eigenvalue weighted by atomic mass is 9.94. The molecule has 1 aliphatic rings. The number of nitrogens with one attached hydrogen (secondary N) is 1. The van der Waals surface area contributed by atoms with Crippen molar-refractivity contribution in [3.05, 3.63) is 83.4 Å². The van der Waals surface area contributed by atoms with Crippen LogP contribution in [0.5, 0.6) is 5.75 Å². The zero-order valence-corrected chi connectivity index (χ0v) is 19.7. The third-order valence-electron chi connectivity index (χ3n) is 6.00. The van der Waals surface area contributed by atoms with Gasteiger partial charge in [-0.05, 0) is 54.8 Å². The van der Waals surface area contributed by atoms with E-state index in [1.165, 1.54) is 29.9 Å². The number of rotatable bonds is 7. The normalized spacial score (nSPS) is 14.8. The van der Waals surface area contributed by atoms with E-state index in [1.54, 1.807) is 55.6 Å². The molecule has 8 heteroatoms. The SMILES string of the molecule is COc1ccc(C(C(=O)NC2CCCCC2)N(C(=O)c2cnccn2)c2ccc(Cl)cc2)cc1. The molecule has 7 nitrogen and oxygen atoms in total. The Morgan fingerprint density at radius 2 is 1.74 bits per heavy atom. The lowest BCUT2D eigenvalue weighted by Gasteiger charge is -2.33. The maximum absolute atomic E-state index is 13.8. The Labute approximate surface area is 204 Å². The first-order valence-corrected chi connectivity index (χ1v) is 11.7. The number of aromatic nitrogens is 2. The molecule has 0 radical (unpaired) electrons. The Hall–Kier alpha value is -3.45. The minimum atomic E-state index is -0.927. The van der Waals surface area contributed by atoms with Gasteiger partial charge in [-0.2, -0.15) is 0 Å². The number of anilines is 1. The summed E-state index contributed by atoms with van der Waals surface area (Å²) in [5.41, 5.74) is 1.32. The molecule has 0 spiro atoms. The predicted molar refractivity (Wildman–Crippen MR) is 131 cm³/mol. The van der Waals surface area contributed by atoms with Crippen LogP contribution >= 0.6 is 11.6 Å². The van der Waals surface area contributed by atoms with Crippen LogP contribution in [-0.2, 0) is 4.79 Å². The molecule has 1 unspecified atom stereocenters. The molecule has 1 fully saturated rings. The van der Waals surface area contributed by atoms with Gasteiger partial charge in [0.2, 0.25) is 5.91 Å². The number of benzene rings is 2. The summed E-state index contributed by atoms with van der Waals surface area (Å²) < 4.78 is 5.29. The van der Waals surface area contributed by atoms with Crippen LogP contribution in [0.2, 0.25) is 5.02 Å². The van der Waals surface area contributed by atoms with Gasteiger partial charge in [-0.25, -0.2) is 4.98 Å². The first kappa shape index (κ1) is 23.7. The second-order valence-corrected chi connectivity index (χ2v) is 8.70. The summed E-state index contributed by atoms with van der Waals surface area (Å²) in [5.74, 6) is -0.0206. The van der Waals surface area contributed by atoms with E-state index in [0.717, 1.165) is 25.7 Å². The molecule has 1 aromatic heterocycles. The molecular formula is C26H27ClN4O3. The van der Waals surface area contributed by atoms with Crippen LogP contribution in [-0.4, -0.2) is 34.9 Å². The summed E-state index contributed by atoms with van der Waals surface area (Å²) in [5, 5.41) is 3.72. The maximum Gasteiger partial charge on any atom is 0.279 e. The van der Waals surface area contributed by atoms with Crippen LogP contribution < -0.4 is 15.0 Å². The van der Waals surface area contributed by atoms with Crippen molar-refractivity contribution in [2.24, 2.45) is 0 Å². The van der Waals surface area contributed by atoms with Crippen molar-refractivity contribution in [2.45, 2.75) is 44.2 Å². The van der Waals surface area contributed by atoms with E-state index in [9.17, 15) is 9.59 Å². The molecule has 1 heterocycles. The molecule has 0 aliphatic heterocycles. The molecule has 0 saturated heterocycles. The minimum absolute atomic E-state index is 0.0840. The smallest absolute Gasteiger partial charge is 0.279 e. The molecule has 3 aromatic rings. The Bertz CT molecular complexity index is 1100. The van der Waals surface area contributed by atoms with Gasteiger partial charge >= 0.3 is 0 Å². The number of halogens is 1. The Morgan fingerprint density at radius 1 is 1.03 bits per heavy atom. The number of carbonyl (C=O) groups is 2. The number of nitrogens with zero attached hydrogens (tertiary/aromatic N) is 3. The lowest BCUT2D eigenvalue weighted by molar-refractivity contribution is -0.123. The van der Waals surface area contributed by atoms with Crippen molar-refractivity contribution >= 4 is 29.1 Å². The highest BCUT2D eigenvalue weighted by Crippen LogP contribution is 2.32. The third-order valence-corrected chi connectivity index (χ3v) is 6.25. The van der Waals surface area contributed by atoms with Crippen LogP contribution in [0.3, 0.4) is 0 Å². The Morgan fingerprint density at radius 3 is 2.35 bits per heavy atom. The maximum atomic E-state index is 13.8. The van der Waals surface area contributed by atoms with Gasteiger partial charge in [0.05, 0.1) is 13.3 Å². The summed E-state index contributed by atoms with van der Waals surface area (Å²) in [6, 6.07) is 13.2. The zero-order chi connectivity index (χ0) is 23.9. The monoisotopic (exact) mass is 478 g/mol. The van der Waals surface area contributed by atoms with Gasteiger partial charge in [0.15, 0.2) is 0 Å². The number of amides is 2. The van der Waals surface area contributed by atoms with Crippen molar-refractivity contribution in [3.8, 4) is 5.75 Å². The zero-order valence-electron chi connectivity index (χ0n) is 19.0. The average Bonchev–Trinajstić information content (AvgIpc) is 2.89. The largest absolute Gasteiger partial charge is 0.497 e.